The van der Waals surface area contributed by atoms with Gasteiger partial charge in [-0.05, 0) is 36.6 Å². The first kappa shape index (κ1) is 10.7. The molecule has 74 valence electrons. The van der Waals surface area contributed by atoms with E-state index in [1.165, 1.54) is 0 Å². The fourth-order valence-electron chi connectivity index (χ4n) is 1.25. The summed E-state index contributed by atoms with van der Waals surface area (Å²) < 4.78 is 5.44. The van der Waals surface area contributed by atoms with E-state index in [1.807, 2.05) is 25.1 Å². The zero-order valence-corrected chi connectivity index (χ0v) is 8.71. The Morgan fingerprint density at radius 1 is 1.43 bits per heavy atom. The summed E-state index contributed by atoms with van der Waals surface area (Å²) in [6, 6.07) is 7.81. The second-order valence-corrected chi connectivity index (χ2v) is 3.31. The molecule has 1 aromatic carbocycles. The van der Waals surface area contributed by atoms with Gasteiger partial charge in [0.05, 0.1) is 18.2 Å². The van der Waals surface area contributed by atoms with Crippen LogP contribution in [-0.2, 0) is 11.3 Å². The quantitative estimate of drug-likeness (QED) is 0.682. The fourth-order valence-corrected chi connectivity index (χ4v) is 1.25. The standard InChI is InChI=1S/C12H15NO/c1-3-6-14-9-12-5-4-11(8-13)7-10(12)2/h4-5,7H,3,6,9H2,1-2H3. The van der Waals surface area contributed by atoms with Crippen LogP contribution in [0.1, 0.15) is 30.0 Å². The minimum Gasteiger partial charge on any atom is -0.377 e. The summed E-state index contributed by atoms with van der Waals surface area (Å²) in [5, 5.41) is 8.69. The predicted octanol–water partition coefficient (Wildman–Crippen LogP) is 2.79. The first-order chi connectivity index (χ1) is 6.77. The lowest BCUT2D eigenvalue weighted by Crippen LogP contribution is -1.96. The van der Waals surface area contributed by atoms with Gasteiger partial charge in [-0.15, -0.1) is 0 Å². The van der Waals surface area contributed by atoms with Crippen molar-refractivity contribution in [3.63, 3.8) is 0 Å². The molecule has 0 unspecified atom stereocenters. The van der Waals surface area contributed by atoms with E-state index in [1.54, 1.807) is 0 Å². The molecule has 2 nitrogen and oxygen atoms in total. The van der Waals surface area contributed by atoms with Crippen LogP contribution in [0.2, 0.25) is 0 Å². The predicted molar refractivity (Wildman–Crippen MR) is 55.8 cm³/mol. The van der Waals surface area contributed by atoms with Crippen LogP contribution in [0.15, 0.2) is 18.2 Å². The lowest BCUT2D eigenvalue weighted by Gasteiger charge is -2.06. The Labute approximate surface area is 85.1 Å². The highest BCUT2D eigenvalue weighted by atomic mass is 16.5. The smallest absolute Gasteiger partial charge is 0.0991 e. The summed E-state index contributed by atoms with van der Waals surface area (Å²) in [6.45, 7) is 5.53. The lowest BCUT2D eigenvalue weighted by molar-refractivity contribution is 0.121. The summed E-state index contributed by atoms with van der Waals surface area (Å²) in [4.78, 5) is 0. The maximum atomic E-state index is 8.69. The molecule has 1 aromatic rings. The van der Waals surface area contributed by atoms with Crippen molar-refractivity contribution in [2.75, 3.05) is 6.61 Å². The van der Waals surface area contributed by atoms with E-state index >= 15 is 0 Å². The van der Waals surface area contributed by atoms with Gasteiger partial charge in [-0.2, -0.15) is 5.26 Å². The highest BCUT2D eigenvalue weighted by Gasteiger charge is 1.99. The molecule has 0 radical (unpaired) electrons. The van der Waals surface area contributed by atoms with Crippen molar-refractivity contribution in [1.82, 2.24) is 0 Å². The number of hydrogen-bond donors (Lipinski definition) is 0. The van der Waals surface area contributed by atoms with E-state index in [-0.39, 0.29) is 0 Å². The van der Waals surface area contributed by atoms with Crippen molar-refractivity contribution in [2.24, 2.45) is 0 Å². The minimum atomic E-state index is 0.644. The number of nitrogens with zero attached hydrogens (tertiary/aromatic N) is 1. The number of aryl methyl sites for hydroxylation is 1. The first-order valence-corrected chi connectivity index (χ1v) is 4.85. The molecule has 2 heteroatoms. The molecule has 0 saturated carbocycles. The molecule has 0 saturated heterocycles. The van der Waals surface area contributed by atoms with Crippen LogP contribution < -0.4 is 0 Å². The third-order valence-corrected chi connectivity index (χ3v) is 2.08. The van der Waals surface area contributed by atoms with Gasteiger partial charge in [-0.3, -0.25) is 0 Å². The van der Waals surface area contributed by atoms with Crippen molar-refractivity contribution < 1.29 is 4.74 Å². The molecule has 0 heterocycles. The second kappa shape index (κ2) is 5.41. The average molecular weight is 189 g/mol. The summed E-state index contributed by atoms with van der Waals surface area (Å²) >= 11 is 0. The molecule has 0 fully saturated rings. The Morgan fingerprint density at radius 3 is 2.79 bits per heavy atom. The molecule has 0 aliphatic carbocycles. The van der Waals surface area contributed by atoms with Crippen LogP contribution in [0.25, 0.3) is 0 Å². The summed E-state index contributed by atoms with van der Waals surface area (Å²) in [5.74, 6) is 0. The molecular formula is C12H15NO. The number of nitriles is 1. The van der Waals surface area contributed by atoms with Gasteiger partial charge in [-0.25, -0.2) is 0 Å². The molecule has 14 heavy (non-hydrogen) atoms. The van der Waals surface area contributed by atoms with E-state index in [0.717, 1.165) is 24.2 Å². The van der Waals surface area contributed by atoms with Crippen molar-refractivity contribution in [3.05, 3.63) is 34.9 Å². The van der Waals surface area contributed by atoms with E-state index in [2.05, 4.69) is 13.0 Å². The van der Waals surface area contributed by atoms with Crippen molar-refractivity contribution in [2.45, 2.75) is 26.9 Å². The van der Waals surface area contributed by atoms with Crippen LogP contribution >= 0.6 is 0 Å². The fraction of sp³-hybridized carbons (Fsp3) is 0.417. The maximum absolute atomic E-state index is 8.69. The van der Waals surface area contributed by atoms with E-state index in [4.69, 9.17) is 10.00 Å². The Kier molecular flexibility index (Phi) is 4.15. The third kappa shape index (κ3) is 2.86. The molecule has 0 spiro atoms. The second-order valence-electron chi connectivity index (χ2n) is 3.31. The highest BCUT2D eigenvalue weighted by molar-refractivity contribution is 5.37. The van der Waals surface area contributed by atoms with Crippen LogP contribution in [0.5, 0.6) is 0 Å². The topological polar surface area (TPSA) is 33.0 Å². The minimum absolute atomic E-state index is 0.644. The lowest BCUT2D eigenvalue weighted by atomic mass is 10.1. The van der Waals surface area contributed by atoms with Gasteiger partial charge in [0.1, 0.15) is 0 Å². The first-order valence-electron chi connectivity index (χ1n) is 4.85. The molecule has 0 aliphatic rings. The average Bonchev–Trinajstić information content (AvgIpc) is 2.20. The highest BCUT2D eigenvalue weighted by Crippen LogP contribution is 2.11. The third-order valence-electron chi connectivity index (χ3n) is 2.08. The van der Waals surface area contributed by atoms with Crippen molar-refractivity contribution in [3.8, 4) is 6.07 Å². The molecule has 0 bridgehead atoms. The van der Waals surface area contributed by atoms with E-state index in [9.17, 15) is 0 Å². The van der Waals surface area contributed by atoms with Gasteiger partial charge in [0.15, 0.2) is 0 Å². The van der Waals surface area contributed by atoms with Crippen LogP contribution in [0, 0.1) is 18.3 Å². The summed E-state index contributed by atoms with van der Waals surface area (Å²) in [7, 11) is 0. The molecule has 0 atom stereocenters. The number of rotatable bonds is 4. The summed E-state index contributed by atoms with van der Waals surface area (Å²) in [5.41, 5.74) is 3.00. The largest absolute Gasteiger partial charge is 0.377 e. The monoisotopic (exact) mass is 189 g/mol. The number of hydrogen-bond acceptors (Lipinski definition) is 2. The zero-order chi connectivity index (χ0) is 10.4. The molecule has 1 rings (SSSR count). The molecule has 0 amide bonds. The number of benzene rings is 1. The van der Waals surface area contributed by atoms with Gasteiger partial charge in [-0.1, -0.05) is 13.0 Å². The Balaban J connectivity index is 2.65. The molecule has 0 aliphatic heterocycles. The van der Waals surface area contributed by atoms with E-state index < -0.39 is 0 Å². The SMILES string of the molecule is CCCOCc1ccc(C#N)cc1C. The van der Waals surface area contributed by atoms with Crippen LogP contribution in [0.4, 0.5) is 0 Å². The molecule has 0 aromatic heterocycles. The number of ether oxygens (including phenoxy) is 1. The maximum Gasteiger partial charge on any atom is 0.0991 e. The van der Waals surface area contributed by atoms with Crippen molar-refractivity contribution in [1.29, 1.82) is 5.26 Å². The van der Waals surface area contributed by atoms with Gasteiger partial charge in [0, 0.05) is 6.61 Å². The zero-order valence-electron chi connectivity index (χ0n) is 8.71. The van der Waals surface area contributed by atoms with Crippen LogP contribution in [0.3, 0.4) is 0 Å². The Hall–Kier alpha value is -1.33. The normalized spacial score (nSPS) is 9.79. The van der Waals surface area contributed by atoms with Gasteiger partial charge >= 0.3 is 0 Å². The van der Waals surface area contributed by atoms with Gasteiger partial charge < -0.3 is 4.74 Å². The van der Waals surface area contributed by atoms with E-state index in [0.29, 0.717) is 12.2 Å². The van der Waals surface area contributed by atoms with Gasteiger partial charge in [0.2, 0.25) is 0 Å². The van der Waals surface area contributed by atoms with Crippen LogP contribution in [-0.4, -0.2) is 6.61 Å². The molecular weight excluding hydrogens is 174 g/mol. The Morgan fingerprint density at radius 2 is 2.21 bits per heavy atom. The summed E-state index contributed by atoms with van der Waals surface area (Å²) in [6.07, 6.45) is 1.04. The van der Waals surface area contributed by atoms with Gasteiger partial charge in [0.25, 0.3) is 0 Å². The molecule has 0 N–H and O–H groups in total. The Bertz CT molecular complexity index is 339. The van der Waals surface area contributed by atoms with Crippen molar-refractivity contribution >= 4 is 0 Å².